The number of benzene rings is 1. The van der Waals surface area contributed by atoms with Crippen molar-refractivity contribution in [3.05, 3.63) is 29.8 Å². The lowest BCUT2D eigenvalue weighted by Gasteiger charge is -2.35. The Morgan fingerprint density at radius 3 is 2.38 bits per heavy atom. The average Bonchev–Trinajstić information content (AvgIpc) is 2.47. The van der Waals surface area contributed by atoms with E-state index in [0.29, 0.717) is 24.9 Å². The molecule has 2 rings (SSSR count). The monoisotopic (exact) mass is 340 g/mol. The van der Waals surface area contributed by atoms with E-state index in [1.807, 2.05) is 16.8 Å². The van der Waals surface area contributed by atoms with Crippen LogP contribution in [0.25, 0.3) is 0 Å². The molecule has 0 spiro atoms. The molecule has 1 saturated heterocycles. The number of halogens is 2. The van der Waals surface area contributed by atoms with Gasteiger partial charge in [0.1, 0.15) is 5.75 Å². The molecule has 2 unspecified atom stereocenters. The zero-order valence-electron chi connectivity index (χ0n) is 14.5. The fourth-order valence-corrected chi connectivity index (χ4v) is 3.34. The number of likely N-dealkylation sites (tertiary alicyclic amines) is 1. The molecule has 6 heteroatoms. The molecule has 0 N–H and O–H groups in total. The molecule has 1 aliphatic rings. The maximum atomic E-state index is 12.4. The van der Waals surface area contributed by atoms with E-state index in [1.54, 1.807) is 12.1 Å². The summed E-state index contributed by atoms with van der Waals surface area (Å²) in [6.45, 7) is 4.15. The Balaban J connectivity index is 1.83. The van der Waals surface area contributed by atoms with Gasteiger partial charge in [0, 0.05) is 19.6 Å². The summed E-state index contributed by atoms with van der Waals surface area (Å²) in [5, 5.41) is 0. The zero-order chi connectivity index (χ0) is 17.7. The number of hydrogen-bond acceptors (Lipinski definition) is 3. The van der Waals surface area contributed by atoms with Crippen molar-refractivity contribution >= 4 is 5.91 Å². The van der Waals surface area contributed by atoms with E-state index >= 15 is 0 Å². The topological polar surface area (TPSA) is 32.8 Å². The molecule has 1 heterocycles. The maximum absolute atomic E-state index is 12.4. The molecule has 1 aromatic carbocycles. The number of amides is 1. The summed E-state index contributed by atoms with van der Waals surface area (Å²) in [4.78, 5) is 16.3. The summed E-state index contributed by atoms with van der Waals surface area (Å²) in [6.07, 6.45) is 1.17. The van der Waals surface area contributed by atoms with Crippen molar-refractivity contribution in [3.63, 3.8) is 0 Å². The van der Waals surface area contributed by atoms with Crippen LogP contribution in [0.1, 0.15) is 25.8 Å². The first-order valence-corrected chi connectivity index (χ1v) is 8.33. The van der Waals surface area contributed by atoms with Crippen LogP contribution in [0.3, 0.4) is 0 Å². The van der Waals surface area contributed by atoms with E-state index in [2.05, 4.69) is 18.6 Å². The smallest absolute Gasteiger partial charge is 0.387 e. The standard InChI is InChI=1S/C18H26F2N2O2/c1-13-8-14(2)10-22(9-13)17(23)12-21(3)11-15-4-6-16(7-5-15)24-18(19)20/h4-7,13-14,18H,8-12H2,1-3H3. The minimum absolute atomic E-state index is 0.142. The van der Waals surface area contributed by atoms with Crippen molar-refractivity contribution in [1.82, 2.24) is 9.80 Å². The van der Waals surface area contributed by atoms with Gasteiger partial charge in [-0.2, -0.15) is 8.78 Å². The molecule has 24 heavy (non-hydrogen) atoms. The number of hydrogen-bond donors (Lipinski definition) is 0. The predicted octanol–water partition coefficient (Wildman–Crippen LogP) is 3.22. The van der Waals surface area contributed by atoms with Crippen molar-refractivity contribution in [3.8, 4) is 5.75 Å². The Morgan fingerprint density at radius 2 is 1.83 bits per heavy atom. The number of alkyl halides is 2. The number of rotatable bonds is 6. The number of likely N-dealkylation sites (N-methyl/N-ethyl adjacent to an activating group) is 1. The summed E-state index contributed by atoms with van der Waals surface area (Å²) in [6, 6.07) is 6.52. The molecule has 0 bridgehead atoms. The quantitative estimate of drug-likeness (QED) is 0.797. The van der Waals surface area contributed by atoms with Crippen LogP contribution in [0.15, 0.2) is 24.3 Å². The highest BCUT2D eigenvalue weighted by molar-refractivity contribution is 5.78. The SMILES string of the molecule is CC1CC(C)CN(C(=O)CN(C)Cc2ccc(OC(F)F)cc2)C1. The summed E-state index contributed by atoms with van der Waals surface area (Å²) in [5.74, 6) is 1.38. The lowest BCUT2D eigenvalue weighted by molar-refractivity contribution is -0.134. The van der Waals surface area contributed by atoms with Crippen LogP contribution in [0, 0.1) is 11.8 Å². The molecule has 2 atom stereocenters. The third kappa shape index (κ3) is 5.74. The van der Waals surface area contributed by atoms with Gasteiger partial charge in [-0.05, 0) is 43.0 Å². The van der Waals surface area contributed by atoms with Gasteiger partial charge in [0.2, 0.25) is 5.91 Å². The molecule has 0 radical (unpaired) electrons. The second kappa shape index (κ2) is 8.42. The molecule has 134 valence electrons. The summed E-state index contributed by atoms with van der Waals surface area (Å²) >= 11 is 0. The van der Waals surface area contributed by atoms with Crippen LogP contribution in [-0.2, 0) is 11.3 Å². The predicted molar refractivity (Wildman–Crippen MR) is 88.9 cm³/mol. The molecule has 4 nitrogen and oxygen atoms in total. The van der Waals surface area contributed by atoms with E-state index in [4.69, 9.17) is 0 Å². The molecule has 1 aliphatic heterocycles. The number of carbonyl (C=O) groups excluding carboxylic acids is 1. The second-order valence-electron chi connectivity index (χ2n) is 6.94. The van der Waals surface area contributed by atoms with Crippen molar-refractivity contribution in [1.29, 1.82) is 0 Å². The molecular weight excluding hydrogens is 314 g/mol. The van der Waals surface area contributed by atoms with Gasteiger partial charge in [-0.25, -0.2) is 0 Å². The molecule has 1 amide bonds. The Kier molecular flexibility index (Phi) is 6.54. The van der Waals surface area contributed by atoms with Gasteiger partial charge in [0.05, 0.1) is 6.54 Å². The fraction of sp³-hybridized carbons (Fsp3) is 0.611. The van der Waals surface area contributed by atoms with Gasteiger partial charge < -0.3 is 9.64 Å². The zero-order valence-corrected chi connectivity index (χ0v) is 14.5. The average molecular weight is 340 g/mol. The molecule has 0 aromatic heterocycles. The van der Waals surface area contributed by atoms with Crippen LogP contribution in [0.4, 0.5) is 8.78 Å². The van der Waals surface area contributed by atoms with E-state index in [-0.39, 0.29) is 11.7 Å². The van der Waals surface area contributed by atoms with E-state index < -0.39 is 6.61 Å². The third-order valence-electron chi connectivity index (χ3n) is 4.23. The second-order valence-corrected chi connectivity index (χ2v) is 6.94. The van der Waals surface area contributed by atoms with Gasteiger partial charge in [0.15, 0.2) is 0 Å². The van der Waals surface area contributed by atoms with Crippen LogP contribution in [-0.4, -0.2) is 49.0 Å². The Bertz CT molecular complexity index is 526. The van der Waals surface area contributed by atoms with Crippen LogP contribution in [0.2, 0.25) is 0 Å². The van der Waals surface area contributed by atoms with Gasteiger partial charge in [-0.3, -0.25) is 9.69 Å². The van der Waals surface area contributed by atoms with Crippen LogP contribution < -0.4 is 4.74 Å². The number of nitrogens with zero attached hydrogens (tertiary/aromatic N) is 2. The highest BCUT2D eigenvalue weighted by Gasteiger charge is 2.25. The van der Waals surface area contributed by atoms with Crippen molar-refractivity contribution in [2.45, 2.75) is 33.4 Å². The Hall–Kier alpha value is -1.69. The lowest BCUT2D eigenvalue weighted by atomic mass is 9.92. The number of piperidine rings is 1. The van der Waals surface area contributed by atoms with Gasteiger partial charge in [-0.1, -0.05) is 26.0 Å². The van der Waals surface area contributed by atoms with Gasteiger partial charge >= 0.3 is 6.61 Å². The lowest BCUT2D eigenvalue weighted by Crippen LogP contribution is -2.46. The summed E-state index contributed by atoms with van der Waals surface area (Å²) in [7, 11) is 1.89. The third-order valence-corrected chi connectivity index (χ3v) is 4.23. The highest BCUT2D eigenvalue weighted by Crippen LogP contribution is 2.21. The fourth-order valence-electron chi connectivity index (χ4n) is 3.34. The molecule has 0 aliphatic carbocycles. The van der Waals surface area contributed by atoms with Crippen molar-refractivity contribution < 1.29 is 18.3 Å². The van der Waals surface area contributed by atoms with Crippen molar-refractivity contribution in [2.75, 3.05) is 26.7 Å². The van der Waals surface area contributed by atoms with Gasteiger partial charge in [0.25, 0.3) is 0 Å². The Morgan fingerprint density at radius 1 is 1.25 bits per heavy atom. The van der Waals surface area contributed by atoms with Gasteiger partial charge in [-0.15, -0.1) is 0 Å². The summed E-state index contributed by atoms with van der Waals surface area (Å²) in [5.41, 5.74) is 0.951. The minimum Gasteiger partial charge on any atom is -0.435 e. The van der Waals surface area contributed by atoms with Crippen LogP contribution in [0.5, 0.6) is 5.75 Å². The first-order valence-electron chi connectivity index (χ1n) is 8.33. The number of carbonyl (C=O) groups is 1. The molecule has 1 fully saturated rings. The first kappa shape index (κ1) is 18.6. The largest absolute Gasteiger partial charge is 0.435 e. The minimum atomic E-state index is -2.81. The summed E-state index contributed by atoms with van der Waals surface area (Å²) < 4.78 is 28.6. The van der Waals surface area contributed by atoms with Crippen LogP contribution >= 0.6 is 0 Å². The van der Waals surface area contributed by atoms with E-state index in [0.717, 1.165) is 18.7 Å². The maximum Gasteiger partial charge on any atom is 0.387 e. The molecule has 1 aromatic rings. The van der Waals surface area contributed by atoms with E-state index in [1.165, 1.54) is 18.6 Å². The Labute approximate surface area is 142 Å². The molecule has 0 saturated carbocycles. The van der Waals surface area contributed by atoms with E-state index in [9.17, 15) is 13.6 Å². The first-order chi connectivity index (χ1) is 11.3. The molecular formula is C18H26F2N2O2. The normalized spacial score (nSPS) is 21.4. The van der Waals surface area contributed by atoms with Crippen molar-refractivity contribution in [2.24, 2.45) is 11.8 Å². The highest BCUT2D eigenvalue weighted by atomic mass is 19.3. The number of ether oxygens (including phenoxy) is 1.